The van der Waals surface area contributed by atoms with E-state index in [0.29, 0.717) is 21.3 Å². The summed E-state index contributed by atoms with van der Waals surface area (Å²) < 4.78 is 36.7. The number of carbonyl (C=O) groups is 2. The van der Waals surface area contributed by atoms with Crippen LogP contribution in [-0.4, -0.2) is 25.3 Å². The summed E-state index contributed by atoms with van der Waals surface area (Å²) in [7, 11) is -2.55. The summed E-state index contributed by atoms with van der Waals surface area (Å²) in [5.41, 5.74) is 1.97. The number of halogens is 1. The summed E-state index contributed by atoms with van der Waals surface area (Å²) in [6.07, 6.45) is 0. The second-order valence-corrected chi connectivity index (χ2v) is 8.76. The molecule has 0 fully saturated rings. The van der Waals surface area contributed by atoms with E-state index in [4.69, 9.17) is 0 Å². The molecule has 1 heterocycles. The number of benzene rings is 3. The first kappa shape index (κ1) is 21.6. The monoisotopic (exact) mass is 469 g/mol. The summed E-state index contributed by atoms with van der Waals surface area (Å²) >= 11 is 1.15. The Morgan fingerprint density at radius 2 is 1.69 bits per heavy atom. The average molecular weight is 470 g/mol. The zero-order valence-corrected chi connectivity index (χ0v) is 18.1. The molecule has 2 N–H and O–H groups in total. The number of nitrogens with zero attached hydrogens (tertiary/aromatic N) is 1. The van der Waals surface area contributed by atoms with E-state index in [0.717, 1.165) is 11.3 Å². The highest BCUT2D eigenvalue weighted by atomic mass is 32.2. The Hall–Kier alpha value is -3.63. The Labute approximate surface area is 187 Å². The second kappa shape index (κ2) is 9.25. The molecule has 0 unspecified atom stereocenters. The maximum atomic E-state index is 14.2. The molecule has 162 valence electrons. The van der Waals surface area contributed by atoms with Crippen LogP contribution < -0.4 is 10.6 Å². The number of aromatic nitrogens is 1. The van der Waals surface area contributed by atoms with Gasteiger partial charge in [0.2, 0.25) is 0 Å². The lowest BCUT2D eigenvalue weighted by Gasteiger charge is -2.10. The van der Waals surface area contributed by atoms with Crippen LogP contribution in [0, 0.1) is 5.82 Å². The third kappa shape index (κ3) is 4.82. The molecule has 10 heteroatoms. The molecule has 1 aromatic heterocycles. The fourth-order valence-electron chi connectivity index (χ4n) is 3.16. The molecule has 0 saturated carbocycles. The van der Waals surface area contributed by atoms with Gasteiger partial charge in [-0.05, 0) is 35.4 Å². The van der Waals surface area contributed by atoms with Crippen molar-refractivity contribution in [2.24, 2.45) is 0 Å². The van der Waals surface area contributed by atoms with Gasteiger partial charge in [-0.3, -0.25) is 15.4 Å². The smallest absolute Gasteiger partial charge is 0.283 e. The second-order valence-electron chi connectivity index (χ2n) is 6.75. The number of imide groups is 1. The molecule has 7 nitrogen and oxygen atoms in total. The number of anilines is 1. The van der Waals surface area contributed by atoms with Gasteiger partial charge < -0.3 is 0 Å². The minimum absolute atomic E-state index is 0.0810. The summed E-state index contributed by atoms with van der Waals surface area (Å²) in [6, 6.07) is 16.7. The Balaban J connectivity index is 1.51. The number of thiol groups is 1. The van der Waals surface area contributed by atoms with Crippen molar-refractivity contribution in [2.75, 3.05) is 5.32 Å². The Kier molecular flexibility index (Phi) is 6.24. The first-order valence-corrected chi connectivity index (χ1v) is 11.6. The molecule has 0 radical (unpaired) electrons. The van der Waals surface area contributed by atoms with E-state index >= 15 is 0 Å². The third-order valence-electron chi connectivity index (χ3n) is 4.55. The van der Waals surface area contributed by atoms with Gasteiger partial charge in [0.15, 0.2) is 5.13 Å². The number of amides is 3. The van der Waals surface area contributed by atoms with Crippen molar-refractivity contribution >= 4 is 49.3 Å². The first-order chi connectivity index (χ1) is 15.4. The number of urea groups is 1. The SMILES string of the molecule is O=C(NC(=O)c1ccccc1-c1ccccc1F)Nc1nc2ccc(C[SH](=O)=O)cc2s1. The molecular weight excluding hydrogens is 453 g/mol. The number of thiazole rings is 1. The van der Waals surface area contributed by atoms with Gasteiger partial charge in [0.25, 0.3) is 5.91 Å². The van der Waals surface area contributed by atoms with Crippen molar-refractivity contribution in [3.05, 3.63) is 83.7 Å². The highest BCUT2D eigenvalue weighted by Crippen LogP contribution is 2.28. The van der Waals surface area contributed by atoms with Crippen LogP contribution in [0.15, 0.2) is 66.7 Å². The van der Waals surface area contributed by atoms with E-state index in [1.54, 1.807) is 54.6 Å². The predicted octanol–water partition coefficient (Wildman–Crippen LogP) is 4.18. The largest absolute Gasteiger partial charge is 0.327 e. The highest BCUT2D eigenvalue weighted by Gasteiger charge is 2.18. The van der Waals surface area contributed by atoms with Gasteiger partial charge in [-0.2, -0.15) is 0 Å². The van der Waals surface area contributed by atoms with Crippen LogP contribution in [0.4, 0.5) is 14.3 Å². The van der Waals surface area contributed by atoms with Gasteiger partial charge in [0.1, 0.15) is 16.5 Å². The molecule has 3 aromatic carbocycles. The summed E-state index contributed by atoms with van der Waals surface area (Å²) in [5, 5.41) is 4.98. The van der Waals surface area contributed by atoms with Gasteiger partial charge in [-0.15, -0.1) is 0 Å². The molecule has 0 saturated heterocycles. The molecule has 0 aliphatic rings. The standard InChI is InChI=1S/C22H16FN3O4S2/c23-17-8-4-3-6-15(17)14-5-1-2-7-16(14)20(27)25-21(28)26-22-24-18-10-9-13(12-32(29)30)11-19(18)31-22/h1-11,32H,12H2,(H2,24,25,26,27,28). The van der Waals surface area contributed by atoms with E-state index in [2.05, 4.69) is 15.6 Å². The van der Waals surface area contributed by atoms with Gasteiger partial charge >= 0.3 is 6.03 Å². The van der Waals surface area contributed by atoms with Crippen molar-refractivity contribution in [3.8, 4) is 11.1 Å². The molecule has 0 spiro atoms. The quantitative estimate of drug-likeness (QED) is 0.381. The molecule has 3 amide bonds. The number of hydrogen-bond donors (Lipinski definition) is 3. The molecule has 4 rings (SSSR count). The van der Waals surface area contributed by atoms with Crippen molar-refractivity contribution < 1.29 is 22.4 Å². The minimum Gasteiger partial charge on any atom is -0.283 e. The van der Waals surface area contributed by atoms with E-state index in [-0.39, 0.29) is 22.0 Å². The van der Waals surface area contributed by atoms with Crippen LogP contribution in [0.5, 0.6) is 0 Å². The van der Waals surface area contributed by atoms with Crippen LogP contribution in [-0.2, 0) is 16.5 Å². The zero-order valence-electron chi connectivity index (χ0n) is 16.4. The van der Waals surface area contributed by atoms with Gasteiger partial charge in [-0.25, -0.2) is 22.6 Å². The van der Waals surface area contributed by atoms with Crippen molar-refractivity contribution in [2.45, 2.75) is 5.75 Å². The van der Waals surface area contributed by atoms with Crippen LogP contribution in [0.2, 0.25) is 0 Å². The third-order valence-corrected chi connectivity index (χ3v) is 6.10. The first-order valence-electron chi connectivity index (χ1n) is 9.38. The lowest BCUT2D eigenvalue weighted by atomic mass is 9.99. The van der Waals surface area contributed by atoms with E-state index < -0.39 is 28.5 Å². The zero-order chi connectivity index (χ0) is 22.7. The van der Waals surface area contributed by atoms with Crippen molar-refractivity contribution in [1.82, 2.24) is 10.3 Å². The van der Waals surface area contributed by atoms with E-state index in [1.165, 1.54) is 12.1 Å². The predicted molar refractivity (Wildman–Crippen MR) is 122 cm³/mol. The molecule has 0 bridgehead atoms. The van der Waals surface area contributed by atoms with Crippen LogP contribution in [0.25, 0.3) is 21.3 Å². The van der Waals surface area contributed by atoms with Gasteiger partial charge in [0.05, 0.1) is 16.0 Å². The maximum absolute atomic E-state index is 14.2. The highest BCUT2D eigenvalue weighted by molar-refractivity contribution is 7.71. The molecular formula is C22H16FN3O4S2. The Morgan fingerprint density at radius 3 is 2.44 bits per heavy atom. The minimum atomic E-state index is -2.55. The molecule has 0 atom stereocenters. The fraction of sp³-hybridized carbons (Fsp3) is 0.0455. The number of carbonyl (C=O) groups excluding carboxylic acids is 2. The maximum Gasteiger partial charge on any atom is 0.327 e. The lowest BCUT2D eigenvalue weighted by Crippen LogP contribution is -2.34. The molecule has 4 aromatic rings. The normalized spacial score (nSPS) is 10.9. The number of fused-ring (bicyclic) bond motifs is 1. The van der Waals surface area contributed by atoms with Crippen LogP contribution in [0.1, 0.15) is 15.9 Å². The van der Waals surface area contributed by atoms with E-state index in [9.17, 15) is 22.4 Å². The Bertz CT molecular complexity index is 1410. The number of rotatable bonds is 5. The summed E-state index contributed by atoms with van der Waals surface area (Å²) in [4.78, 5) is 29.3. The molecule has 0 aliphatic heterocycles. The molecule has 0 aliphatic carbocycles. The van der Waals surface area contributed by atoms with Crippen LogP contribution >= 0.6 is 11.3 Å². The Morgan fingerprint density at radius 1 is 0.969 bits per heavy atom. The van der Waals surface area contributed by atoms with Gasteiger partial charge in [-0.1, -0.05) is 53.8 Å². The average Bonchev–Trinajstić information content (AvgIpc) is 3.15. The topological polar surface area (TPSA) is 105 Å². The lowest BCUT2D eigenvalue weighted by molar-refractivity contribution is 0.0967. The number of hydrogen-bond acceptors (Lipinski definition) is 6. The molecule has 32 heavy (non-hydrogen) atoms. The van der Waals surface area contributed by atoms with Gasteiger partial charge in [0, 0.05) is 11.1 Å². The van der Waals surface area contributed by atoms with Crippen molar-refractivity contribution in [3.63, 3.8) is 0 Å². The van der Waals surface area contributed by atoms with Crippen LogP contribution in [0.3, 0.4) is 0 Å². The number of nitrogens with one attached hydrogen (secondary N) is 2. The van der Waals surface area contributed by atoms with Crippen molar-refractivity contribution in [1.29, 1.82) is 0 Å². The summed E-state index contributed by atoms with van der Waals surface area (Å²) in [5.74, 6) is -1.25. The van der Waals surface area contributed by atoms with E-state index in [1.807, 2.05) is 0 Å². The fourth-order valence-corrected chi connectivity index (χ4v) is 4.58. The summed E-state index contributed by atoms with van der Waals surface area (Å²) in [6.45, 7) is 0.